The monoisotopic (exact) mass is 265 g/mol. The number of rotatable bonds is 6. The third-order valence-corrected chi connectivity index (χ3v) is 4.19. The zero-order chi connectivity index (χ0) is 13.6. The van der Waals surface area contributed by atoms with Gasteiger partial charge < -0.3 is 14.5 Å². The van der Waals surface area contributed by atoms with E-state index in [1.165, 1.54) is 31.2 Å². The van der Waals surface area contributed by atoms with Crippen LogP contribution in [0.3, 0.4) is 0 Å². The van der Waals surface area contributed by atoms with Crippen LogP contribution in [0.4, 0.5) is 0 Å². The van der Waals surface area contributed by atoms with Crippen LogP contribution in [0, 0.1) is 0 Å². The first-order valence-corrected chi connectivity index (χ1v) is 7.72. The van der Waals surface area contributed by atoms with Crippen LogP contribution in [0.25, 0.3) is 0 Å². The van der Waals surface area contributed by atoms with E-state index in [2.05, 4.69) is 25.2 Å². The number of likely N-dealkylation sites (N-methyl/N-ethyl adjacent to an activating group) is 1. The van der Waals surface area contributed by atoms with E-state index in [9.17, 15) is 0 Å². The molecule has 2 rings (SSSR count). The van der Waals surface area contributed by atoms with Crippen molar-refractivity contribution < 1.29 is 9.15 Å². The highest BCUT2D eigenvalue weighted by molar-refractivity contribution is 5.17. The highest BCUT2D eigenvalue weighted by Gasteiger charge is 2.40. The van der Waals surface area contributed by atoms with E-state index in [1.54, 1.807) is 6.26 Å². The lowest BCUT2D eigenvalue weighted by Crippen LogP contribution is -2.46. The van der Waals surface area contributed by atoms with Gasteiger partial charge in [-0.2, -0.15) is 0 Å². The van der Waals surface area contributed by atoms with E-state index in [0.717, 1.165) is 26.0 Å². The molecule has 1 unspecified atom stereocenters. The third kappa shape index (κ3) is 3.40. The van der Waals surface area contributed by atoms with Crippen LogP contribution < -0.4 is 5.32 Å². The molecule has 108 valence electrons. The Morgan fingerprint density at radius 1 is 1.26 bits per heavy atom. The van der Waals surface area contributed by atoms with Gasteiger partial charge in [-0.15, -0.1) is 0 Å². The predicted molar refractivity (Wildman–Crippen MR) is 77.2 cm³/mol. The van der Waals surface area contributed by atoms with Crippen molar-refractivity contribution in [2.45, 2.75) is 64.0 Å². The average Bonchev–Trinajstić information content (AvgIpc) is 2.83. The topological polar surface area (TPSA) is 34.4 Å². The first kappa shape index (κ1) is 14.6. The molecule has 1 aliphatic carbocycles. The highest BCUT2D eigenvalue weighted by atomic mass is 16.5. The lowest BCUT2D eigenvalue weighted by molar-refractivity contribution is -0.0780. The molecule has 19 heavy (non-hydrogen) atoms. The second kappa shape index (κ2) is 7.11. The average molecular weight is 265 g/mol. The van der Waals surface area contributed by atoms with Crippen LogP contribution in [-0.2, 0) is 4.74 Å². The van der Waals surface area contributed by atoms with E-state index in [0.29, 0.717) is 0 Å². The maximum atomic E-state index is 6.28. The Labute approximate surface area is 116 Å². The lowest BCUT2D eigenvalue weighted by atomic mass is 9.83. The van der Waals surface area contributed by atoms with Crippen LogP contribution in [-0.4, -0.2) is 18.8 Å². The van der Waals surface area contributed by atoms with E-state index < -0.39 is 0 Å². The zero-order valence-corrected chi connectivity index (χ0v) is 12.3. The molecule has 1 aliphatic rings. The number of ether oxygens (including phenoxy) is 1. The van der Waals surface area contributed by atoms with Gasteiger partial charge in [0.2, 0.25) is 0 Å². The molecule has 0 saturated heterocycles. The van der Waals surface area contributed by atoms with E-state index in [-0.39, 0.29) is 11.6 Å². The SMILES string of the molecule is CCNC(c1ccoc1)C1(OCC)CCCCCC1. The molecule has 3 heteroatoms. The van der Waals surface area contributed by atoms with Gasteiger partial charge in [0.15, 0.2) is 0 Å². The Balaban J connectivity index is 2.26. The van der Waals surface area contributed by atoms with Crippen molar-refractivity contribution in [2.75, 3.05) is 13.2 Å². The minimum atomic E-state index is -0.0644. The van der Waals surface area contributed by atoms with E-state index in [4.69, 9.17) is 9.15 Å². The van der Waals surface area contributed by atoms with Crippen molar-refractivity contribution in [2.24, 2.45) is 0 Å². The largest absolute Gasteiger partial charge is 0.472 e. The molecule has 1 fully saturated rings. The lowest BCUT2D eigenvalue weighted by Gasteiger charge is -2.40. The molecule has 0 aromatic carbocycles. The molecular weight excluding hydrogens is 238 g/mol. The summed E-state index contributed by atoms with van der Waals surface area (Å²) in [6, 6.07) is 2.31. The molecule has 0 bridgehead atoms. The molecule has 0 aliphatic heterocycles. The van der Waals surface area contributed by atoms with Gasteiger partial charge >= 0.3 is 0 Å². The summed E-state index contributed by atoms with van der Waals surface area (Å²) >= 11 is 0. The van der Waals surface area contributed by atoms with Crippen LogP contribution in [0.2, 0.25) is 0 Å². The number of nitrogens with one attached hydrogen (secondary N) is 1. The first-order valence-electron chi connectivity index (χ1n) is 7.72. The summed E-state index contributed by atoms with van der Waals surface area (Å²) in [7, 11) is 0. The van der Waals surface area contributed by atoms with E-state index in [1.807, 2.05) is 6.26 Å². The van der Waals surface area contributed by atoms with Crippen LogP contribution in [0.1, 0.15) is 64.0 Å². The van der Waals surface area contributed by atoms with Gasteiger partial charge in [0.1, 0.15) is 0 Å². The second-order valence-corrected chi connectivity index (χ2v) is 5.46. The Morgan fingerprint density at radius 2 is 2.00 bits per heavy atom. The summed E-state index contributed by atoms with van der Waals surface area (Å²) in [5, 5.41) is 3.62. The molecule has 1 N–H and O–H groups in total. The zero-order valence-electron chi connectivity index (χ0n) is 12.3. The van der Waals surface area contributed by atoms with Crippen LogP contribution >= 0.6 is 0 Å². The standard InChI is InChI=1S/C16H27NO2/c1-3-17-15(14-9-12-18-13-14)16(19-4-2)10-7-5-6-8-11-16/h9,12-13,15,17H,3-8,10-11H2,1-2H3. The van der Waals surface area contributed by atoms with Crippen molar-refractivity contribution in [1.82, 2.24) is 5.32 Å². The number of furan rings is 1. The summed E-state index contributed by atoms with van der Waals surface area (Å²) in [5.41, 5.74) is 1.16. The molecule has 1 saturated carbocycles. The van der Waals surface area contributed by atoms with Gasteiger partial charge in [0, 0.05) is 12.2 Å². The first-order chi connectivity index (χ1) is 9.32. The van der Waals surface area contributed by atoms with Crippen molar-refractivity contribution in [3.8, 4) is 0 Å². The van der Waals surface area contributed by atoms with Crippen LogP contribution in [0.15, 0.2) is 23.0 Å². The smallest absolute Gasteiger partial charge is 0.0951 e. The molecule has 0 amide bonds. The van der Waals surface area contributed by atoms with Gasteiger partial charge in [-0.3, -0.25) is 0 Å². The van der Waals surface area contributed by atoms with Gasteiger partial charge in [-0.25, -0.2) is 0 Å². The molecule has 0 spiro atoms. The summed E-state index contributed by atoms with van der Waals surface area (Å²) < 4.78 is 11.6. The molecular formula is C16H27NO2. The van der Waals surface area contributed by atoms with Crippen molar-refractivity contribution in [1.29, 1.82) is 0 Å². The van der Waals surface area contributed by atoms with Crippen molar-refractivity contribution >= 4 is 0 Å². The van der Waals surface area contributed by atoms with Crippen molar-refractivity contribution in [3.63, 3.8) is 0 Å². The number of hydrogen-bond acceptors (Lipinski definition) is 3. The van der Waals surface area contributed by atoms with Gasteiger partial charge in [0.25, 0.3) is 0 Å². The molecule has 3 nitrogen and oxygen atoms in total. The molecule has 1 heterocycles. The van der Waals surface area contributed by atoms with Crippen molar-refractivity contribution in [3.05, 3.63) is 24.2 Å². The van der Waals surface area contributed by atoms with E-state index >= 15 is 0 Å². The molecule has 1 atom stereocenters. The van der Waals surface area contributed by atoms with Gasteiger partial charge in [0.05, 0.1) is 24.2 Å². The Kier molecular flexibility index (Phi) is 5.46. The normalized spacial score (nSPS) is 20.9. The Hall–Kier alpha value is -0.800. The Morgan fingerprint density at radius 3 is 2.53 bits per heavy atom. The second-order valence-electron chi connectivity index (χ2n) is 5.46. The highest BCUT2D eigenvalue weighted by Crippen LogP contribution is 2.40. The summed E-state index contributed by atoms with van der Waals surface area (Å²) in [4.78, 5) is 0. The molecule has 1 aromatic rings. The fourth-order valence-corrected chi connectivity index (χ4v) is 3.38. The molecule has 0 radical (unpaired) electrons. The Bertz CT molecular complexity index is 340. The quantitative estimate of drug-likeness (QED) is 0.788. The summed E-state index contributed by atoms with van der Waals surface area (Å²) in [5.74, 6) is 0. The summed E-state index contributed by atoms with van der Waals surface area (Å²) in [6.45, 7) is 5.98. The maximum Gasteiger partial charge on any atom is 0.0951 e. The fraction of sp³-hybridized carbons (Fsp3) is 0.750. The summed E-state index contributed by atoms with van der Waals surface area (Å²) in [6.07, 6.45) is 11.1. The predicted octanol–water partition coefficient (Wildman–Crippen LogP) is 4.06. The number of hydrogen-bond donors (Lipinski definition) is 1. The van der Waals surface area contributed by atoms with Crippen LogP contribution in [0.5, 0.6) is 0 Å². The third-order valence-electron chi connectivity index (χ3n) is 4.19. The molecule has 1 aromatic heterocycles. The van der Waals surface area contributed by atoms with Gasteiger partial charge in [-0.05, 0) is 32.4 Å². The van der Waals surface area contributed by atoms with Gasteiger partial charge in [-0.1, -0.05) is 32.6 Å². The fourth-order valence-electron chi connectivity index (χ4n) is 3.38. The minimum absolute atomic E-state index is 0.0644. The minimum Gasteiger partial charge on any atom is -0.472 e. The maximum absolute atomic E-state index is 6.28.